The molecule has 0 aliphatic carbocycles. The number of aliphatic hydroxyl groups excluding tert-OH is 2. The molecule has 0 aromatic carbocycles. The van der Waals surface area contributed by atoms with Gasteiger partial charge in [0.15, 0.2) is 0 Å². The van der Waals surface area contributed by atoms with Crippen molar-refractivity contribution in [1.29, 1.82) is 0 Å². The zero-order valence-electron chi connectivity index (χ0n) is 15.6. The van der Waals surface area contributed by atoms with Gasteiger partial charge in [-0.05, 0) is 32.1 Å². The van der Waals surface area contributed by atoms with Gasteiger partial charge in [-0.15, -0.1) is 0 Å². The lowest BCUT2D eigenvalue weighted by atomic mass is 10.2. The summed E-state index contributed by atoms with van der Waals surface area (Å²) in [5, 5.41) is 27.9. The molecule has 4 heteroatoms. The Kier molecular flexibility index (Phi) is 16.2. The minimum Gasteiger partial charge on any atom is -0.481 e. The number of allylic oxidation sites excluding steroid dienone is 8. The molecule has 26 heavy (non-hydrogen) atoms. The first-order valence-corrected chi connectivity index (χ1v) is 9.10. The van der Waals surface area contributed by atoms with E-state index in [4.69, 9.17) is 5.11 Å². The van der Waals surface area contributed by atoms with E-state index in [-0.39, 0.29) is 6.42 Å². The van der Waals surface area contributed by atoms with E-state index in [1.165, 1.54) is 0 Å². The Balaban J connectivity index is 3.85. The van der Waals surface area contributed by atoms with E-state index in [1.54, 1.807) is 30.4 Å². The maximum absolute atomic E-state index is 10.3. The first kappa shape index (κ1) is 23.8. The predicted molar refractivity (Wildman–Crippen MR) is 108 cm³/mol. The van der Waals surface area contributed by atoms with Crippen LogP contribution in [0.25, 0.3) is 0 Å². The molecular formula is C22H32O4. The number of aliphatic carboxylic acids is 1. The maximum atomic E-state index is 10.3. The monoisotopic (exact) mass is 360 g/mol. The third-order valence-corrected chi connectivity index (χ3v) is 3.28. The number of rotatable bonds is 14. The summed E-state index contributed by atoms with van der Waals surface area (Å²) < 4.78 is 0. The Bertz CT molecular complexity index is 524. The normalized spacial score (nSPS) is 15.5. The zero-order chi connectivity index (χ0) is 19.5. The van der Waals surface area contributed by atoms with Crippen molar-refractivity contribution in [3.63, 3.8) is 0 Å². The molecule has 2 atom stereocenters. The van der Waals surface area contributed by atoms with E-state index in [2.05, 4.69) is 6.92 Å². The van der Waals surface area contributed by atoms with Gasteiger partial charge in [0.25, 0.3) is 0 Å². The quantitative estimate of drug-likeness (QED) is 0.315. The number of carboxylic acids is 1. The molecule has 0 aromatic heterocycles. The second-order valence-corrected chi connectivity index (χ2v) is 5.75. The number of aliphatic hydroxyl groups is 2. The summed E-state index contributed by atoms with van der Waals surface area (Å²) in [6.45, 7) is 2.06. The average molecular weight is 360 g/mol. The summed E-state index contributed by atoms with van der Waals surface area (Å²) in [6, 6.07) is 0. The highest BCUT2D eigenvalue weighted by atomic mass is 16.4. The summed E-state index contributed by atoms with van der Waals surface area (Å²) in [5.41, 5.74) is 0. The number of carbonyl (C=O) groups is 1. The molecule has 0 radical (unpaired) electrons. The van der Waals surface area contributed by atoms with Crippen molar-refractivity contribution in [1.82, 2.24) is 0 Å². The second kappa shape index (κ2) is 17.6. The Morgan fingerprint density at radius 1 is 0.808 bits per heavy atom. The molecule has 0 aromatic rings. The highest BCUT2D eigenvalue weighted by Gasteiger charge is 1.95. The summed E-state index contributed by atoms with van der Waals surface area (Å²) in [4.78, 5) is 10.3. The Hall–Kier alpha value is -2.17. The van der Waals surface area contributed by atoms with Gasteiger partial charge in [0.1, 0.15) is 0 Å². The van der Waals surface area contributed by atoms with Crippen molar-refractivity contribution < 1.29 is 20.1 Å². The van der Waals surface area contributed by atoms with Crippen LogP contribution in [-0.4, -0.2) is 33.5 Å². The fourth-order valence-corrected chi connectivity index (χ4v) is 1.90. The van der Waals surface area contributed by atoms with Crippen molar-refractivity contribution in [2.75, 3.05) is 0 Å². The molecule has 0 amide bonds. The maximum Gasteiger partial charge on any atom is 0.303 e. The van der Waals surface area contributed by atoms with Gasteiger partial charge in [-0.3, -0.25) is 4.79 Å². The van der Waals surface area contributed by atoms with Crippen molar-refractivity contribution in [2.24, 2.45) is 0 Å². The van der Waals surface area contributed by atoms with Crippen LogP contribution in [0.15, 0.2) is 72.9 Å². The molecule has 0 saturated heterocycles. The van der Waals surface area contributed by atoms with Crippen LogP contribution < -0.4 is 0 Å². The highest BCUT2D eigenvalue weighted by molar-refractivity contribution is 5.66. The molecule has 0 bridgehead atoms. The predicted octanol–water partition coefficient (Wildman–Crippen LogP) is 4.49. The van der Waals surface area contributed by atoms with Crippen LogP contribution in [0.4, 0.5) is 0 Å². The van der Waals surface area contributed by atoms with Gasteiger partial charge in [-0.1, -0.05) is 79.8 Å². The molecule has 0 aliphatic rings. The SMILES string of the molecule is CC/C=C\C[C@@H](O)/C=C/C=C\C/C=C\C=C\[C@@H](O)C/C=C\CCC(=O)O. The van der Waals surface area contributed by atoms with Crippen LogP contribution in [0.3, 0.4) is 0 Å². The summed E-state index contributed by atoms with van der Waals surface area (Å²) >= 11 is 0. The molecule has 0 unspecified atom stereocenters. The van der Waals surface area contributed by atoms with E-state index in [0.717, 1.165) is 12.8 Å². The summed E-state index contributed by atoms with van der Waals surface area (Å²) in [5.74, 6) is -0.815. The van der Waals surface area contributed by atoms with Crippen LogP contribution in [0, 0.1) is 0 Å². The Morgan fingerprint density at radius 2 is 1.35 bits per heavy atom. The van der Waals surface area contributed by atoms with Gasteiger partial charge in [0.2, 0.25) is 0 Å². The lowest BCUT2D eigenvalue weighted by Gasteiger charge is -1.99. The average Bonchev–Trinajstić information content (AvgIpc) is 2.60. The Morgan fingerprint density at radius 3 is 1.85 bits per heavy atom. The van der Waals surface area contributed by atoms with Gasteiger partial charge in [0, 0.05) is 6.42 Å². The van der Waals surface area contributed by atoms with Gasteiger partial charge >= 0.3 is 5.97 Å². The summed E-state index contributed by atoms with van der Waals surface area (Å²) in [6.07, 6.45) is 24.9. The molecule has 0 fully saturated rings. The van der Waals surface area contributed by atoms with Crippen molar-refractivity contribution in [2.45, 2.75) is 57.7 Å². The number of carboxylic acid groups (broad SMARTS) is 1. The minimum atomic E-state index is -0.815. The lowest BCUT2D eigenvalue weighted by molar-refractivity contribution is -0.136. The Labute approximate surface area is 157 Å². The smallest absolute Gasteiger partial charge is 0.303 e. The molecule has 144 valence electrons. The third-order valence-electron chi connectivity index (χ3n) is 3.28. The molecule has 0 rings (SSSR count). The number of hydrogen-bond donors (Lipinski definition) is 3. The van der Waals surface area contributed by atoms with Crippen molar-refractivity contribution >= 4 is 5.97 Å². The zero-order valence-corrected chi connectivity index (χ0v) is 15.6. The third kappa shape index (κ3) is 18.2. The lowest BCUT2D eigenvalue weighted by Crippen LogP contribution is -1.99. The molecule has 0 aliphatic heterocycles. The molecule has 0 spiro atoms. The fraction of sp³-hybridized carbons (Fsp3) is 0.409. The van der Waals surface area contributed by atoms with Crippen molar-refractivity contribution in [3.05, 3.63) is 72.9 Å². The standard InChI is InChI=1S/C22H32O4/c1-2-3-10-15-20(23)16-11-7-5-4-6-8-12-17-21(24)18-13-9-14-19-22(25)26/h3,5-13,16-17,20-21,23-24H,2,4,14-15,18-19H2,1H3,(H,25,26)/b7-5-,8-6-,10-3-,13-9-,16-11+,17-12+/t20-,21-/m1/s1. The molecule has 4 nitrogen and oxygen atoms in total. The van der Waals surface area contributed by atoms with E-state index >= 15 is 0 Å². The van der Waals surface area contributed by atoms with E-state index in [1.807, 2.05) is 42.5 Å². The van der Waals surface area contributed by atoms with Crippen LogP contribution >= 0.6 is 0 Å². The fourth-order valence-electron chi connectivity index (χ4n) is 1.90. The minimum absolute atomic E-state index is 0.114. The van der Waals surface area contributed by atoms with E-state index in [9.17, 15) is 15.0 Å². The van der Waals surface area contributed by atoms with Gasteiger partial charge < -0.3 is 15.3 Å². The highest BCUT2D eigenvalue weighted by Crippen LogP contribution is 2.00. The molecule has 3 N–H and O–H groups in total. The molecule has 0 heterocycles. The van der Waals surface area contributed by atoms with Gasteiger partial charge in [-0.25, -0.2) is 0 Å². The van der Waals surface area contributed by atoms with Gasteiger partial charge in [0.05, 0.1) is 12.2 Å². The van der Waals surface area contributed by atoms with Crippen LogP contribution in [-0.2, 0) is 4.79 Å². The van der Waals surface area contributed by atoms with Crippen LogP contribution in [0.2, 0.25) is 0 Å². The van der Waals surface area contributed by atoms with Crippen LogP contribution in [0.5, 0.6) is 0 Å². The first-order valence-electron chi connectivity index (χ1n) is 9.10. The van der Waals surface area contributed by atoms with Crippen molar-refractivity contribution in [3.8, 4) is 0 Å². The van der Waals surface area contributed by atoms with Gasteiger partial charge in [-0.2, -0.15) is 0 Å². The first-order chi connectivity index (χ1) is 12.6. The summed E-state index contributed by atoms with van der Waals surface area (Å²) in [7, 11) is 0. The van der Waals surface area contributed by atoms with E-state index in [0.29, 0.717) is 19.3 Å². The van der Waals surface area contributed by atoms with Crippen LogP contribution in [0.1, 0.15) is 45.4 Å². The largest absolute Gasteiger partial charge is 0.481 e. The second-order valence-electron chi connectivity index (χ2n) is 5.75. The van der Waals surface area contributed by atoms with E-state index < -0.39 is 18.2 Å². The topological polar surface area (TPSA) is 77.8 Å². The number of hydrogen-bond acceptors (Lipinski definition) is 3. The molecular weight excluding hydrogens is 328 g/mol. The molecule has 0 saturated carbocycles.